The fourth-order valence-electron chi connectivity index (χ4n) is 6.56. The molecule has 1 amide bonds. The Balaban J connectivity index is 1.55. The summed E-state index contributed by atoms with van der Waals surface area (Å²) in [7, 11) is 0. The van der Waals surface area contributed by atoms with Gasteiger partial charge in [-0.05, 0) is 68.2 Å². The van der Waals surface area contributed by atoms with Gasteiger partial charge in [0, 0.05) is 42.8 Å². The molecule has 2 fully saturated rings. The van der Waals surface area contributed by atoms with Crippen molar-refractivity contribution in [2.24, 2.45) is 11.7 Å². The number of hydroxylamine groups is 3. The molecule has 206 valence electrons. The number of hydrogen-bond donors (Lipinski definition) is 1. The minimum absolute atomic E-state index is 0.0389. The highest BCUT2D eigenvalue weighted by Crippen LogP contribution is 2.46. The summed E-state index contributed by atoms with van der Waals surface area (Å²) in [5, 5.41) is 14.6. The number of nitrogens with two attached hydrogens (primary N) is 1. The number of rotatable bonds is 7. The second kappa shape index (κ2) is 12.2. The number of benzene rings is 1. The van der Waals surface area contributed by atoms with Gasteiger partial charge in [-0.25, -0.2) is 4.79 Å². The van der Waals surface area contributed by atoms with E-state index in [0.29, 0.717) is 18.8 Å². The van der Waals surface area contributed by atoms with E-state index in [9.17, 15) is 14.8 Å². The van der Waals surface area contributed by atoms with Crippen LogP contribution in [0.25, 0.3) is 0 Å². The van der Waals surface area contributed by atoms with E-state index in [2.05, 4.69) is 17.1 Å². The first-order valence-electron chi connectivity index (χ1n) is 14.6. The van der Waals surface area contributed by atoms with E-state index in [1.165, 1.54) is 50.5 Å². The summed E-state index contributed by atoms with van der Waals surface area (Å²) in [6.07, 6.45) is 13.9. The Hall–Kier alpha value is -2.41. The molecule has 1 aliphatic carbocycles. The quantitative estimate of drug-likeness (QED) is 0.248. The molecule has 38 heavy (non-hydrogen) atoms. The van der Waals surface area contributed by atoms with Gasteiger partial charge in [0.15, 0.2) is 0 Å². The molecular formula is C32H45N3O3. The van der Waals surface area contributed by atoms with E-state index in [-0.39, 0.29) is 18.9 Å². The number of nitrogens with zero attached hydrogens (tertiary/aromatic N) is 2. The largest absolute Gasteiger partial charge is 0.624 e. The van der Waals surface area contributed by atoms with E-state index in [1.54, 1.807) is 12.4 Å². The first-order chi connectivity index (χ1) is 18.1. The lowest BCUT2D eigenvalue weighted by Crippen LogP contribution is -2.66. The fraction of sp³-hybridized carbons (Fsp3) is 0.594. The summed E-state index contributed by atoms with van der Waals surface area (Å²) in [4.78, 5) is 31.1. The molecule has 0 bridgehead atoms. The topological polar surface area (TPSA) is 96.1 Å². The molecule has 4 rings (SSSR count). The predicted molar refractivity (Wildman–Crippen MR) is 151 cm³/mol. The van der Waals surface area contributed by atoms with E-state index in [0.717, 1.165) is 23.1 Å². The minimum atomic E-state index is -1.11. The summed E-state index contributed by atoms with van der Waals surface area (Å²) >= 11 is 0. The second-order valence-corrected chi connectivity index (χ2v) is 12.2. The normalized spacial score (nSPS) is 27.8. The molecule has 2 N–H and O–H groups in total. The first-order valence-corrected chi connectivity index (χ1v) is 14.6. The van der Waals surface area contributed by atoms with Crippen LogP contribution in [0.1, 0.15) is 119 Å². The van der Waals surface area contributed by atoms with Crippen molar-refractivity contribution < 1.29 is 14.2 Å². The molecule has 0 spiro atoms. The number of piperidine rings is 1. The van der Waals surface area contributed by atoms with Crippen molar-refractivity contribution in [2.75, 3.05) is 6.54 Å². The SMILES string of the molecule is Cc1cncc(C(N)CCC(=O)C(=O)[N+]2([O-])C[C@@H](C)CC[C@@]2(C)c2cccc(C3CCCCCCC3)c2)c1. The van der Waals surface area contributed by atoms with E-state index in [1.807, 2.05) is 39.0 Å². The molecule has 0 radical (unpaired) electrons. The Labute approximate surface area is 228 Å². The summed E-state index contributed by atoms with van der Waals surface area (Å²) < 4.78 is -1.11. The highest BCUT2D eigenvalue weighted by Gasteiger charge is 2.53. The fourth-order valence-corrected chi connectivity index (χ4v) is 6.56. The van der Waals surface area contributed by atoms with Gasteiger partial charge in [-0.1, -0.05) is 63.3 Å². The smallest absolute Gasteiger partial charge is 0.382 e. The van der Waals surface area contributed by atoms with Crippen LogP contribution < -0.4 is 5.73 Å². The van der Waals surface area contributed by atoms with Crippen LogP contribution in [-0.4, -0.2) is 27.9 Å². The number of amides is 1. The summed E-state index contributed by atoms with van der Waals surface area (Å²) in [5.41, 5.74) is 9.31. The Bertz CT molecular complexity index is 1130. The van der Waals surface area contributed by atoms with Gasteiger partial charge >= 0.3 is 5.91 Å². The van der Waals surface area contributed by atoms with E-state index >= 15 is 0 Å². The van der Waals surface area contributed by atoms with Gasteiger partial charge in [-0.15, -0.1) is 0 Å². The van der Waals surface area contributed by atoms with Crippen LogP contribution in [0.2, 0.25) is 0 Å². The minimum Gasteiger partial charge on any atom is -0.624 e. The number of carbonyl (C=O) groups excluding carboxylic acids is 2. The lowest BCUT2D eigenvalue weighted by Gasteiger charge is -2.57. The molecule has 6 nitrogen and oxygen atoms in total. The zero-order valence-electron chi connectivity index (χ0n) is 23.5. The van der Waals surface area contributed by atoms with E-state index < -0.39 is 27.9 Å². The summed E-state index contributed by atoms with van der Waals surface area (Å²) in [6, 6.07) is 9.91. The molecule has 4 atom stereocenters. The maximum Gasteiger partial charge on any atom is 0.382 e. The van der Waals surface area contributed by atoms with Crippen molar-refractivity contribution in [3.05, 3.63) is 70.2 Å². The average molecular weight is 520 g/mol. The molecule has 1 saturated heterocycles. The third-order valence-corrected chi connectivity index (χ3v) is 9.15. The van der Waals surface area contributed by atoms with Crippen molar-refractivity contribution in [1.29, 1.82) is 0 Å². The van der Waals surface area contributed by atoms with Gasteiger partial charge < -0.3 is 10.9 Å². The van der Waals surface area contributed by atoms with Gasteiger partial charge in [-0.3, -0.25) is 14.4 Å². The first kappa shape index (κ1) is 28.6. The number of Topliss-reactive ketones (excluding diaryl/α,β-unsaturated/α-hetero) is 1. The second-order valence-electron chi connectivity index (χ2n) is 12.2. The Kier molecular flexibility index (Phi) is 9.17. The summed E-state index contributed by atoms with van der Waals surface area (Å²) in [5.74, 6) is -0.880. The monoisotopic (exact) mass is 519 g/mol. The zero-order valence-corrected chi connectivity index (χ0v) is 23.5. The zero-order chi connectivity index (χ0) is 27.3. The van der Waals surface area contributed by atoms with Crippen LogP contribution in [0.4, 0.5) is 0 Å². The highest BCUT2D eigenvalue weighted by molar-refractivity contribution is 6.33. The highest BCUT2D eigenvalue weighted by atomic mass is 16.6. The van der Waals surface area contributed by atoms with E-state index in [4.69, 9.17) is 5.73 Å². The van der Waals surface area contributed by atoms with Crippen molar-refractivity contribution in [3.8, 4) is 0 Å². The molecule has 2 unspecified atom stereocenters. The number of quaternary nitrogens is 1. The molecule has 6 heteroatoms. The van der Waals surface area contributed by atoms with Crippen molar-refractivity contribution in [3.63, 3.8) is 0 Å². The summed E-state index contributed by atoms with van der Waals surface area (Å²) in [6.45, 7) is 5.97. The van der Waals surface area contributed by atoms with Gasteiger partial charge in [0.05, 0.1) is 6.54 Å². The number of ketones is 1. The lowest BCUT2D eigenvalue weighted by atomic mass is 9.76. The molecule has 2 heterocycles. The van der Waals surface area contributed by atoms with Crippen molar-refractivity contribution in [1.82, 2.24) is 4.98 Å². The third-order valence-electron chi connectivity index (χ3n) is 9.15. The molecule has 1 aliphatic heterocycles. The Morgan fingerprint density at radius 3 is 2.53 bits per heavy atom. The van der Waals surface area contributed by atoms with Gasteiger partial charge in [0.25, 0.3) is 5.78 Å². The number of pyridine rings is 1. The molecular weight excluding hydrogens is 474 g/mol. The number of carbonyl (C=O) groups is 2. The number of aryl methyl sites for hydroxylation is 1. The van der Waals surface area contributed by atoms with Gasteiger partial charge in [-0.2, -0.15) is 0 Å². The van der Waals surface area contributed by atoms with Crippen LogP contribution in [0.15, 0.2) is 42.7 Å². The molecule has 2 aliphatic rings. The number of aromatic nitrogens is 1. The molecule has 1 saturated carbocycles. The van der Waals surface area contributed by atoms with Crippen LogP contribution in [-0.2, 0) is 15.1 Å². The van der Waals surface area contributed by atoms with Gasteiger partial charge in [0.1, 0.15) is 5.54 Å². The average Bonchev–Trinajstić information content (AvgIpc) is 2.89. The Morgan fingerprint density at radius 2 is 1.82 bits per heavy atom. The van der Waals surface area contributed by atoms with Crippen molar-refractivity contribution in [2.45, 2.75) is 109 Å². The van der Waals surface area contributed by atoms with Crippen molar-refractivity contribution >= 4 is 11.7 Å². The van der Waals surface area contributed by atoms with Crippen LogP contribution in [0.5, 0.6) is 0 Å². The Morgan fingerprint density at radius 1 is 1.11 bits per heavy atom. The lowest BCUT2D eigenvalue weighted by molar-refractivity contribution is -0.874. The maximum atomic E-state index is 14.6. The third kappa shape index (κ3) is 6.08. The maximum absolute atomic E-state index is 14.6. The number of likely N-dealkylation sites (tertiary alicyclic amines) is 1. The molecule has 1 aromatic heterocycles. The molecule has 2 aromatic rings. The standard InChI is InChI=1S/C32H45N3O3/c1-23-16-17-32(3,28-13-9-12-26(19-28)25-10-7-5-4-6-8-11-25)35(38,22-23)31(37)30(36)15-14-29(33)27-18-24(2)20-34-21-27/h9,12-13,18-21,23,25,29H,4-8,10-11,14-17,22,33H2,1-3H3/t23-,29?,32-,35?/m0/s1. The molecule has 1 aromatic carbocycles. The number of hydrogen-bond acceptors (Lipinski definition) is 5. The van der Waals surface area contributed by atoms with Gasteiger partial charge in [0.2, 0.25) is 0 Å². The predicted octanol–water partition coefficient (Wildman–Crippen LogP) is 6.75. The van der Waals surface area contributed by atoms with Crippen LogP contribution in [0.3, 0.4) is 0 Å². The van der Waals surface area contributed by atoms with Crippen LogP contribution >= 0.6 is 0 Å². The van der Waals surface area contributed by atoms with Crippen LogP contribution in [0, 0.1) is 18.0 Å².